The van der Waals surface area contributed by atoms with Gasteiger partial charge in [-0.3, -0.25) is 14.4 Å². The molecule has 2 heterocycles. The Balaban J connectivity index is 1.74. The number of aryl methyl sites for hydroxylation is 1. The van der Waals surface area contributed by atoms with Crippen molar-refractivity contribution in [2.45, 2.75) is 6.92 Å². The van der Waals surface area contributed by atoms with E-state index in [9.17, 15) is 13.2 Å². The zero-order valence-corrected chi connectivity index (χ0v) is 15.9. The van der Waals surface area contributed by atoms with Gasteiger partial charge in [-0.05, 0) is 19.1 Å². The monoisotopic (exact) mass is 392 g/mol. The van der Waals surface area contributed by atoms with Crippen LogP contribution in [0.5, 0.6) is 0 Å². The van der Waals surface area contributed by atoms with Crippen LogP contribution in [0, 0.1) is 6.92 Å². The number of hydrogen-bond donors (Lipinski definition) is 1. The highest BCUT2D eigenvalue weighted by Gasteiger charge is 2.15. The largest absolute Gasteiger partial charge is 0.361 e. The maximum atomic E-state index is 12.1. The van der Waals surface area contributed by atoms with E-state index in [0.717, 1.165) is 11.8 Å². The lowest BCUT2D eigenvalue weighted by molar-refractivity contribution is 0.101. The molecular weight excluding hydrogens is 376 g/mol. The van der Waals surface area contributed by atoms with Gasteiger partial charge in [-0.15, -0.1) is 11.3 Å². The van der Waals surface area contributed by atoms with Crippen LogP contribution in [-0.4, -0.2) is 37.8 Å². The lowest BCUT2D eigenvalue weighted by Crippen LogP contribution is -2.24. The molecule has 0 aliphatic heterocycles. The zero-order chi connectivity index (χ0) is 18.9. The molecule has 0 aliphatic carbocycles. The summed E-state index contributed by atoms with van der Waals surface area (Å²) in [4.78, 5) is 16.4. The van der Waals surface area contributed by atoms with E-state index in [1.165, 1.54) is 22.7 Å². The molecule has 0 radical (unpaired) electrons. The van der Waals surface area contributed by atoms with Gasteiger partial charge in [-0.2, -0.15) is 0 Å². The number of nitrogens with zero attached hydrogens (tertiary/aromatic N) is 3. The minimum Gasteiger partial charge on any atom is -0.361 e. The molecular formula is C16H16N4O4S2. The van der Waals surface area contributed by atoms with E-state index in [1.807, 2.05) is 0 Å². The number of carbonyl (C=O) groups is 1. The van der Waals surface area contributed by atoms with Gasteiger partial charge in [0.25, 0.3) is 5.91 Å². The van der Waals surface area contributed by atoms with Crippen molar-refractivity contribution in [1.29, 1.82) is 0 Å². The van der Waals surface area contributed by atoms with Crippen LogP contribution in [0.2, 0.25) is 0 Å². The van der Waals surface area contributed by atoms with E-state index in [4.69, 9.17) is 4.52 Å². The topological polar surface area (TPSA) is 105 Å². The molecule has 2 aromatic heterocycles. The lowest BCUT2D eigenvalue weighted by Gasteiger charge is -2.16. The van der Waals surface area contributed by atoms with E-state index >= 15 is 0 Å². The number of hydrogen-bond acceptors (Lipinski definition) is 7. The summed E-state index contributed by atoms with van der Waals surface area (Å²) in [6.45, 7) is 1.70. The van der Waals surface area contributed by atoms with Crippen molar-refractivity contribution in [3.8, 4) is 11.3 Å². The second kappa shape index (κ2) is 6.89. The average Bonchev–Trinajstić information content (AvgIpc) is 3.22. The number of anilines is 2. The number of carbonyl (C=O) groups excluding carboxylic acids is 1. The molecule has 0 saturated heterocycles. The van der Waals surface area contributed by atoms with Crippen LogP contribution in [0.1, 0.15) is 16.2 Å². The van der Waals surface area contributed by atoms with Gasteiger partial charge >= 0.3 is 0 Å². The average molecular weight is 392 g/mol. The van der Waals surface area contributed by atoms with Crippen LogP contribution in [0.25, 0.3) is 11.3 Å². The van der Waals surface area contributed by atoms with Gasteiger partial charge in [0.2, 0.25) is 10.0 Å². The molecule has 0 unspecified atom stereocenters. The van der Waals surface area contributed by atoms with Crippen molar-refractivity contribution in [2.24, 2.45) is 0 Å². The normalized spacial score (nSPS) is 11.3. The number of amides is 1. The maximum absolute atomic E-state index is 12.1. The fourth-order valence-corrected chi connectivity index (χ4v) is 3.35. The van der Waals surface area contributed by atoms with Crippen molar-refractivity contribution < 1.29 is 17.7 Å². The maximum Gasteiger partial charge on any atom is 0.279 e. The zero-order valence-electron chi connectivity index (χ0n) is 14.3. The SMILES string of the molecule is Cc1cc(C(=O)Nc2nc(-c3ccc(N(C)S(C)(=O)=O)cc3)cs2)no1. The Bertz CT molecular complexity index is 1040. The van der Waals surface area contributed by atoms with E-state index in [1.54, 1.807) is 42.6 Å². The molecule has 3 aromatic rings. The Morgan fingerprint density at radius 3 is 2.54 bits per heavy atom. The summed E-state index contributed by atoms with van der Waals surface area (Å²) < 4.78 is 29.2. The Hall–Kier alpha value is -2.72. The number of aromatic nitrogens is 2. The first kappa shape index (κ1) is 18.1. The first-order valence-corrected chi connectivity index (χ1v) is 10.2. The Labute approximate surface area is 154 Å². The molecule has 0 spiro atoms. The molecule has 0 saturated carbocycles. The molecule has 10 heteroatoms. The van der Waals surface area contributed by atoms with Crippen LogP contribution >= 0.6 is 11.3 Å². The highest BCUT2D eigenvalue weighted by Crippen LogP contribution is 2.27. The Morgan fingerprint density at radius 2 is 1.96 bits per heavy atom. The van der Waals surface area contributed by atoms with Gasteiger partial charge < -0.3 is 4.52 Å². The number of sulfonamides is 1. The van der Waals surface area contributed by atoms with Crippen molar-refractivity contribution in [1.82, 2.24) is 10.1 Å². The Kier molecular flexibility index (Phi) is 4.79. The molecule has 1 N–H and O–H groups in total. The fourth-order valence-electron chi connectivity index (χ4n) is 2.13. The van der Waals surface area contributed by atoms with Crippen molar-refractivity contribution >= 4 is 38.1 Å². The molecule has 26 heavy (non-hydrogen) atoms. The molecule has 136 valence electrons. The molecule has 1 amide bonds. The van der Waals surface area contributed by atoms with Gasteiger partial charge in [0, 0.05) is 24.1 Å². The number of rotatable bonds is 5. The lowest BCUT2D eigenvalue weighted by atomic mass is 10.1. The Morgan fingerprint density at radius 1 is 1.27 bits per heavy atom. The molecule has 8 nitrogen and oxygen atoms in total. The molecule has 0 aliphatic rings. The molecule has 0 bridgehead atoms. The fraction of sp³-hybridized carbons (Fsp3) is 0.188. The summed E-state index contributed by atoms with van der Waals surface area (Å²) in [5, 5.41) is 8.57. The predicted molar refractivity (Wildman–Crippen MR) is 100.0 cm³/mol. The van der Waals surface area contributed by atoms with Gasteiger partial charge in [0.15, 0.2) is 10.8 Å². The highest BCUT2D eigenvalue weighted by molar-refractivity contribution is 7.92. The van der Waals surface area contributed by atoms with Crippen LogP contribution in [0.4, 0.5) is 10.8 Å². The standard InChI is InChI=1S/C16H16N4O4S2/c1-10-8-13(19-24-10)15(21)18-16-17-14(9-25-16)11-4-6-12(7-5-11)20(2)26(3,22)23/h4-9H,1-3H3,(H,17,18,21). The summed E-state index contributed by atoms with van der Waals surface area (Å²) in [5.41, 5.74) is 2.23. The van der Waals surface area contributed by atoms with Crippen LogP contribution in [0.15, 0.2) is 40.2 Å². The third-order valence-corrected chi connectivity index (χ3v) is 5.57. The smallest absolute Gasteiger partial charge is 0.279 e. The molecule has 0 fully saturated rings. The van der Waals surface area contributed by atoms with Crippen molar-refractivity contribution in [3.05, 3.63) is 47.2 Å². The number of benzene rings is 1. The summed E-state index contributed by atoms with van der Waals surface area (Å²) in [6.07, 6.45) is 1.15. The minimum atomic E-state index is -3.31. The number of nitrogens with one attached hydrogen (secondary N) is 1. The molecule has 1 aromatic carbocycles. The third kappa shape index (κ3) is 3.92. The number of thiazole rings is 1. The van der Waals surface area contributed by atoms with Gasteiger partial charge in [-0.1, -0.05) is 17.3 Å². The first-order valence-electron chi connectivity index (χ1n) is 7.48. The molecule has 3 rings (SSSR count). The molecule has 0 atom stereocenters. The summed E-state index contributed by atoms with van der Waals surface area (Å²) in [7, 11) is -1.82. The van der Waals surface area contributed by atoms with E-state index in [2.05, 4.69) is 15.5 Å². The van der Waals surface area contributed by atoms with E-state index < -0.39 is 15.9 Å². The summed E-state index contributed by atoms with van der Waals surface area (Å²) >= 11 is 1.28. The van der Waals surface area contributed by atoms with Crippen molar-refractivity contribution in [2.75, 3.05) is 22.9 Å². The second-order valence-corrected chi connectivity index (χ2v) is 8.46. The summed E-state index contributed by atoms with van der Waals surface area (Å²) in [6, 6.07) is 8.50. The third-order valence-electron chi connectivity index (χ3n) is 3.61. The van der Waals surface area contributed by atoms with E-state index in [0.29, 0.717) is 22.3 Å². The summed E-state index contributed by atoms with van der Waals surface area (Å²) in [5.74, 6) is 0.155. The minimum absolute atomic E-state index is 0.187. The highest BCUT2D eigenvalue weighted by atomic mass is 32.2. The van der Waals surface area contributed by atoms with Gasteiger partial charge in [0.1, 0.15) is 5.76 Å². The van der Waals surface area contributed by atoms with Gasteiger partial charge in [0.05, 0.1) is 17.6 Å². The van der Waals surface area contributed by atoms with Crippen LogP contribution in [0.3, 0.4) is 0 Å². The quantitative estimate of drug-likeness (QED) is 0.716. The van der Waals surface area contributed by atoms with Crippen molar-refractivity contribution in [3.63, 3.8) is 0 Å². The van der Waals surface area contributed by atoms with Gasteiger partial charge in [-0.25, -0.2) is 13.4 Å². The predicted octanol–water partition coefficient (Wildman–Crippen LogP) is 2.75. The van der Waals surface area contributed by atoms with Crippen LogP contribution < -0.4 is 9.62 Å². The van der Waals surface area contributed by atoms with Crippen LogP contribution in [-0.2, 0) is 10.0 Å². The first-order chi connectivity index (χ1) is 12.2. The van der Waals surface area contributed by atoms with E-state index in [-0.39, 0.29) is 5.69 Å². The second-order valence-electron chi connectivity index (χ2n) is 5.59.